The molecule has 15 heavy (non-hydrogen) atoms. The van der Waals surface area contributed by atoms with Gasteiger partial charge in [0.05, 0.1) is 5.92 Å². The summed E-state index contributed by atoms with van der Waals surface area (Å²) in [6.45, 7) is 7.41. The van der Waals surface area contributed by atoms with Gasteiger partial charge < -0.3 is 15.5 Å². The van der Waals surface area contributed by atoms with Gasteiger partial charge in [-0.2, -0.15) is 0 Å². The molecule has 1 atom stereocenters. The minimum atomic E-state index is -0.768. The van der Waals surface area contributed by atoms with E-state index in [1.807, 2.05) is 0 Å². The van der Waals surface area contributed by atoms with Crippen molar-refractivity contribution in [3.8, 4) is 0 Å². The summed E-state index contributed by atoms with van der Waals surface area (Å²) in [5, 5.41) is 20.6. The zero-order valence-corrected chi connectivity index (χ0v) is 9.92. The number of hydrogen-bond donors (Lipinski definition) is 3. The molecule has 0 aliphatic carbocycles. The number of aliphatic carboxylic acids is 1. The van der Waals surface area contributed by atoms with Gasteiger partial charge >= 0.3 is 5.97 Å². The van der Waals surface area contributed by atoms with Crippen molar-refractivity contribution in [1.82, 2.24) is 5.32 Å². The van der Waals surface area contributed by atoms with Crippen molar-refractivity contribution in [2.24, 2.45) is 11.3 Å². The van der Waals surface area contributed by atoms with Gasteiger partial charge in [-0.3, -0.25) is 4.79 Å². The van der Waals surface area contributed by atoms with E-state index < -0.39 is 5.97 Å². The van der Waals surface area contributed by atoms with E-state index in [-0.39, 0.29) is 17.9 Å². The average Bonchev–Trinajstić information content (AvgIpc) is 2.14. The highest BCUT2D eigenvalue weighted by Gasteiger charge is 2.18. The first-order chi connectivity index (χ1) is 6.89. The molecule has 0 aromatic rings. The molecule has 1 unspecified atom stereocenters. The fraction of sp³-hybridized carbons (Fsp3) is 0.909. The van der Waals surface area contributed by atoms with Crippen molar-refractivity contribution in [3.05, 3.63) is 0 Å². The second kappa shape index (κ2) is 6.80. The molecule has 0 aliphatic rings. The van der Waals surface area contributed by atoms with Crippen LogP contribution in [0.15, 0.2) is 0 Å². The summed E-state index contributed by atoms with van der Waals surface area (Å²) < 4.78 is 0. The van der Waals surface area contributed by atoms with Crippen molar-refractivity contribution in [1.29, 1.82) is 0 Å². The van der Waals surface area contributed by atoms with Crippen LogP contribution in [-0.2, 0) is 4.79 Å². The first-order valence-corrected chi connectivity index (χ1v) is 5.43. The lowest BCUT2D eigenvalue weighted by Gasteiger charge is -2.25. The first-order valence-electron chi connectivity index (χ1n) is 5.43. The summed E-state index contributed by atoms with van der Waals surface area (Å²) in [6, 6.07) is 0. The maximum atomic E-state index is 10.6. The number of hydrogen-bond acceptors (Lipinski definition) is 3. The second-order valence-corrected chi connectivity index (χ2v) is 4.86. The second-order valence-electron chi connectivity index (χ2n) is 4.86. The van der Waals surface area contributed by atoms with Gasteiger partial charge in [-0.15, -0.1) is 0 Å². The molecular weight excluding hydrogens is 194 g/mol. The third-order valence-corrected chi connectivity index (χ3v) is 2.49. The highest BCUT2D eigenvalue weighted by atomic mass is 16.4. The Hall–Kier alpha value is -0.610. The van der Waals surface area contributed by atoms with Crippen molar-refractivity contribution in [3.63, 3.8) is 0 Å². The fourth-order valence-corrected chi connectivity index (χ4v) is 1.36. The van der Waals surface area contributed by atoms with Crippen LogP contribution < -0.4 is 5.32 Å². The predicted molar refractivity (Wildman–Crippen MR) is 59.8 cm³/mol. The van der Waals surface area contributed by atoms with Crippen LogP contribution >= 0.6 is 0 Å². The minimum Gasteiger partial charge on any atom is -0.481 e. The number of aliphatic hydroxyl groups is 1. The van der Waals surface area contributed by atoms with E-state index in [2.05, 4.69) is 19.2 Å². The van der Waals surface area contributed by atoms with Gasteiger partial charge in [-0.05, 0) is 18.3 Å². The van der Waals surface area contributed by atoms with Crippen LogP contribution in [0.3, 0.4) is 0 Å². The molecule has 0 bridgehead atoms. The molecule has 90 valence electrons. The Balaban J connectivity index is 3.69. The Morgan fingerprint density at radius 2 is 2.07 bits per heavy atom. The maximum Gasteiger partial charge on any atom is 0.307 e. The van der Waals surface area contributed by atoms with Crippen molar-refractivity contribution in [2.75, 3.05) is 19.7 Å². The van der Waals surface area contributed by atoms with Gasteiger partial charge in [0.2, 0.25) is 0 Å². The fourth-order valence-electron chi connectivity index (χ4n) is 1.36. The molecule has 0 spiro atoms. The quantitative estimate of drug-likeness (QED) is 0.569. The van der Waals surface area contributed by atoms with Crippen molar-refractivity contribution >= 4 is 5.97 Å². The van der Waals surface area contributed by atoms with Gasteiger partial charge in [0.15, 0.2) is 0 Å². The van der Waals surface area contributed by atoms with E-state index in [0.29, 0.717) is 6.54 Å². The average molecular weight is 217 g/mol. The highest BCUT2D eigenvalue weighted by molar-refractivity contribution is 5.69. The Kier molecular flexibility index (Phi) is 6.52. The van der Waals surface area contributed by atoms with Crippen LogP contribution in [0, 0.1) is 11.3 Å². The van der Waals surface area contributed by atoms with Gasteiger partial charge in [-0.1, -0.05) is 20.8 Å². The molecule has 4 nitrogen and oxygen atoms in total. The van der Waals surface area contributed by atoms with Crippen LogP contribution in [0.4, 0.5) is 0 Å². The van der Waals surface area contributed by atoms with E-state index >= 15 is 0 Å². The lowest BCUT2D eigenvalue weighted by atomic mass is 9.88. The Labute approximate surface area is 91.7 Å². The first kappa shape index (κ1) is 14.4. The molecule has 0 saturated carbocycles. The van der Waals surface area contributed by atoms with Crippen LogP contribution in [0.5, 0.6) is 0 Å². The third kappa shape index (κ3) is 7.33. The standard InChI is InChI=1S/C11H23NO3/c1-9(10(14)15)7-12-8-11(2,3)5-4-6-13/h9,12-13H,4-8H2,1-3H3,(H,14,15). The van der Waals surface area contributed by atoms with Crippen LogP contribution in [0.25, 0.3) is 0 Å². The zero-order chi connectivity index (χ0) is 11.9. The van der Waals surface area contributed by atoms with Crippen molar-refractivity contribution < 1.29 is 15.0 Å². The molecule has 4 heteroatoms. The molecule has 0 aliphatic heterocycles. The van der Waals surface area contributed by atoms with Crippen molar-refractivity contribution in [2.45, 2.75) is 33.6 Å². The molecule has 0 saturated heterocycles. The van der Waals surface area contributed by atoms with E-state index in [1.165, 1.54) is 0 Å². The number of carboxylic acids is 1. The SMILES string of the molecule is CC(CNCC(C)(C)CCCO)C(=O)O. The van der Waals surface area contributed by atoms with Gasteiger partial charge in [0.1, 0.15) is 0 Å². The largest absolute Gasteiger partial charge is 0.481 e. The smallest absolute Gasteiger partial charge is 0.307 e. The summed E-state index contributed by atoms with van der Waals surface area (Å²) >= 11 is 0. The summed E-state index contributed by atoms with van der Waals surface area (Å²) in [5.74, 6) is -1.12. The molecular formula is C11H23NO3. The van der Waals surface area contributed by atoms with E-state index in [4.69, 9.17) is 10.2 Å². The molecule has 0 aromatic heterocycles. The van der Waals surface area contributed by atoms with Gasteiger partial charge in [0.25, 0.3) is 0 Å². The van der Waals surface area contributed by atoms with E-state index in [1.54, 1.807) is 6.92 Å². The normalized spacial score (nSPS) is 13.9. The summed E-state index contributed by atoms with van der Waals surface area (Å²) in [6.07, 6.45) is 1.74. The molecule has 0 amide bonds. The minimum absolute atomic E-state index is 0.112. The molecule has 0 radical (unpaired) electrons. The molecule has 0 rings (SSSR count). The molecule has 0 aromatic carbocycles. The Bertz CT molecular complexity index is 192. The van der Waals surface area contributed by atoms with Crippen LogP contribution in [0.2, 0.25) is 0 Å². The number of carbonyl (C=O) groups is 1. The van der Waals surface area contributed by atoms with Crippen LogP contribution in [0.1, 0.15) is 33.6 Å². The Morgan fingerprint density at radius 1 is 1.47 bits per heavy atom. The summed E-state index contributed by atoms with van der Waals surface area (Å²) in [7, 11) is 0. The number of aliphatic hydroxyl groups excluding tert-OH is 1. The number of carboxylic acid groups (broad SMARTS) is 1. The number of nitrogens with one attached hydrogen (secondary N) is 1. The lowest BCUT2D eigenvalue weighted by Crippen LogP contribution is -2.34. The van der Waals surface area contributed by atoms with Gasteiger partial charge in [-0.25, -0.2) is 0 Å². The van der Waals surface area contributed by atoms with E-state index in [0.717, 1.165) is 19.4 Å². The Morgan fingerprint density at radius 3 is 2.53 bits per heavy atom. The number of rotatable bonds is 8. The maximum absolute atomic E-state index is 10.6. The third-order valence-electron chi connectivity index (χ3n) is 2.49. The summed E-state index contributed by atoms with van der Waals surface area (Å²) in [4.78, 5) is 10.6. The van der Waals surface area contributed by atoms with Gasteiger partial charge in [0, 0.05) is 19.7 Å². The summed E-state index contributed by atoms with van der Waals surface area (Å²) in [5.41, 5.74) is 0.112. The van der Waals surface area contributed by atoms with Crippen LogP contribution in [-0.4, -0.2) is 35.9 Å². The zero-order valence-electron chi connectivity index (χ0n) is 9.92. The monoisotopic (exact) mass is 217 g/mol. The highest BCUT2D eigenvalue weighted by Crippen LogP contribution is 2.20. The lowest BCUT2D eigenvalue weighted by molar-refractivity contribution is -0.140. The predicted octanol–water partition coefficient (Wildman–Crippen LogP) is 1.10. The topological polar surface area (TPSA) is 69.6 Å². The molecule has 0 heterocycles. The molecule has 0 fully saturated rings. The molecule has 3 N–H and O–H groups in total. The van der Waals surface area contributed by atoms with E-state index in [9.17, 15) is 4.79 Å².